The number of amides is 5. The minimum atomic E-state index is -0.351. The molecule has 1 aliphatic heterocycles. The summed E-state index contributed by atoms with van der Waals surface area (Å²) in [5.41, 5.74) is 1.35. The molecule has 5 amide bonds. The molecule has 9 heteroatoms. The van der Waals surface area contributed by atoms with Gasteiger partial charge in [-0.2, -0.15) is 0 Å². The number of imide groups is 1. The molecule has 2 N–H and O–H groups in total. The number of rotatable bonds is 7. The van der Waals surface area contributed by atoms with E-state index in [1.165, 1.54) is 4.90 Å². The molecule has 8 nitrogen and oxygen atoms in total. The molecule has 3 rings (SSSR count). The Morgan fingerprint density at radius 3 is 2.23 bits per heavy atom. The molecular weight excluding hydrogens is 408 g/mol. The van der Waals surface area contributed by atoms with E-state index in [1.54, 1.807) is 55.6 Å². The quantitative estimate of drug-likeness (QED) is 0.661. The third-order valence-corrected chi connectivity index (χ3v) is 4.82. The number of anilines is 2. The van der Waals surface area contributed by atoms with Crippen LogP contribution in [0.15, 0.2) is 48.5 Å². The fraction of sp³-hybridized carbons (Fsp3) is 0.238. The highest BCUT2D eigenvalue weighted by molar-refractivity contribution is 6.30. The molecule has 0 saturated carbocycles. The molecule has 0 bridgehead atoms. The zero-order valence-corrected chi connectivity index (χ0v) is 17.1. The molecule has 1 saturated heterocycles. The number of likely N-dealkylation sites (N-methyl/N-ethyl adjacent to an activating group) is 1. The molecule has 156 valence electrons. The number of nitrogens with zero attached hydrogens (tertiary/aromatic N) is 2. The number of carbonyl (C=O) groups is 4. The smallest absolute Gasteiger partial charge is 0.324 e. The molecule has 2 aromatic rings. The molecule has 1 heterocycles. The highest BCUT2D eigenvalue weighted by Gasteiger charge is 2.32. The van der Waals surface area contributed by atoms with Crippen LogP contribution in [-0.2, 0) is 9.59 Å². The number of carbonyl (C=O) groups excluding carboxylic acids is 4. The van der Waals surface area contributed by atoms with Gasteiger partial charge in [-0.15, -0.1) is 0 Å². The van der Waals surface area contributed by atoms with Gasteiger partial charge in [-0.05, 0) is 42.8 Å². The van der Waals surface area contributed by atoms with Crippen LogP contribution in [0.1, 0.15) is 23.2 Å². The number of hydrogen-bond acceptors (Lipinski definition) is 4. The van der Waals surface area contributed by atoms with Gasteiger partial charge in [0.05, 0.1) is 11.4 Å². The number of nitrogens with one attached hydrogen (secondary N) is 2. The van der Waals surface area contributed by atoms with Gasteiger partial charge in [0.2, 0.25) is 11.8 Å². The van der Waals surface area contributed by atoms with Crippen LogP contribution in [0.4, 0.5) is 16.2 Å². The van der Waals surface area contributed by atoms with Crippen LogP contribution in [0.25, 0.3) is 0 Å². The lowest BCUT2D eigenvalue weighted by Gasteiger charge is -2.15. The number of hydrogen-bond donors (Lipinski definition) is 2. The van der Waals surface area contributed by atoms with Crippen molar-refractivity contribution in [2.24, 2.45) is 0 Å². The van der Waals surface area contributed by atoms with Crippen molar-refractivity contribution in [2.75, 3.05) is 30.8 Å². The summed E-state index contributed by atoms with van der Waals surface area (Å²) in [4.78, 5) is 50.8. The summed E-state index contributed by atoms with van der Waals surface area (Å²) < 4.78 is 0. The van der Waals surface area contributed by atoms with Crippen molar-refractivity contribution in [3.8, 4) is 0 Å². The fourth-order valence-corrected chi connectivity index (χ4v) is 3.12. The number of halogens is 1. The first-order valence-corrected chi connectivity index (χ1v) is 9.74. The summed E-state index contributed by atoms with van der Waals surface area (Å²) >= 11 is 5.84. The number of benzene rings is 2. The molecule has 0 unspecified atom stereocenters. The van der Waals surface area contributed by atoms with Crippen LogP contribution < -0.4 is 10.6 Å². The maximum absolute atomic E-state index is 12.4. The van der Waals surface area contributed by atoms with Crippen molar-refractivity contribution < 1.29 is 19.2 Å². The van der Waals surface area contributed by atoms with Crippen LogP contribution in [0.2, 0.25) is 5.02 Å². The predicted molar refractivity (Wildman–Crippen MR) is 113 cm³/mol. The summed E-state index contributed by atoms with van der Waals surface area (Å²) in [6, 6.07) is 13.0. The molecule has 0 spiro atoms. The van der Waals surface area contributed by atoms with Gasteiger partial charge in [0, 0.05) is 30.6 Å². The van der Waals surface area contributed by atoms with Crippen molar-refractivity contribution in [1.82, 2.24) is 9.80 Å². The van der Waals surface area contributed by atoms with Crippen molar-refractivity contribution in [3.05, 3.63) is 59.1 Å². The Kier molecular flexibility index (Phi) is 6.68. The summed E-state index contributed by atoms with van der Waals surface area (Å²) in [5, 5.41) is 6.06. The van der Waals surface area contributed by atoms with E-state index in [-0.39, 0.29) is 43.3 Å². The SMILES string of the molecule is CN1CC(=O)N(CCCC(=O)Nc2ccccc2NC(=O)c2ccc(Cl)cc2)C1=O. The first-order valence-electron chi connectivity index (χ1n) is 9.36. The van der Waals surface area contributed by atoms with Crippen LogP contribution >= 0.6 is 11.6 Å². The summed E-state index contributed by atoms with van der Waals surface area (Å²) in [7, 11) is 1.56. The Balaban J connectivity index is 1.56. The van der Waals surface area contributed by atoms with Crippen molar-refractivity contribution in [3.63, 3.8) is 0 Å². The fourth-order valence-electron chi connectivity index (χ4n) is 3.00. The lowest BCUT2D eigenvalue weighted by Crippen LogP contribution is -2.32. The molecule has 0 aromatic heterocycles. The lowest BCUT2D eigenvalue weighted by molar-refractivity contribution is -0.125. The largest absolute Gasteiger partial charge is 0.326 e. The van der Waals surface area contributed by atoms with E-state index in [9.17, 15) is 19.2 Å². The summed E-state index contributed by atoms with van der Waals surface area (Å²) in [6.07, 6.45) is 0.469. The second-order valence-corrected chi connectivity index (χ2v) is 7.28. The van der Waals surface area contributed by atoms with Gasteiger partial charge in [-0.25, -0.2) is 4.79 Å². The number of urea groups is 1. The Bertz CT molecular complexity index is 977. The summed E-state index contributed by atoms with van der Waals surface area (Å²) in [5.74, 6) is -0.877. The molecule has 0 atom stereocenters. The Labute approximate surface area is 178 Å². The first-order chi connectivity index (χ1) is 14.3. The third-order valence-electron chi connectivity index (χ3n) is 4.57. The van der Waals surface area contributed by atoms with Gasteiger partial charge < -0.3 is 15.5 Å². The minimum absolute atomic E-state index is 0.0612. The van der Waals surface area contributed by atoms with Gasteiger partial charge in [0.25, 0.3) is 5.91 Å². The van der Waals surface area contributed by atoms with E-state index in [1.807, 2.05) is 0 Å². The maximum Gasteiger partial charge on any atom is 0.326 e. The van der Waals surface area contributed by atoms with Gasteiger partial charge in [-0.1, -0.05) is 23.7 Å². The van der Waals surface area contributed by atoms with E-state index in [0.29, 0.717) is 28.4 Å². The molecule has 0 aliphatic carbocycles. The normalized spacial score (nSPS) is 13.5. The van der Waals surface area contributed by atoms with E-state index in [4.69, 9.17) is 11.6 Å². The molecule has 2 aromatic carbocycles. The second kappa shape index (κ2) is 9.41. The number of para-hydroxylation sites is 2. The van der Waals surface area contributed by atoms with Gasteiger partial charge in [0.1, 0.15) is 6.54 Å². The molecule has 1 aliphatic rings. The third kappa shape index (κ3) is 5.15. The molecule has 30 heavy (non-hydrogen) atoms. The van der Waals surface area contributed by atoms with Gasteiger partial charge in [0.15, 0.2) is 0 Å². The van der Waals surface area contributed by atoms with Gasteiger partial charge in [-0.3, -0.25) is 19.3 Å². The van der Waals surface area contributed by atoms with Crippen molar-refractivity contribution in [2.45, 2.75) is 12.8 Å². The highest BCUT2D eigenvalue weighted by Crippen LogP contribution is 2.22. The highest BCUT2D eigenvalue weighted by atomic mass is 35.5. The van der Waals surface area contributed by atoms with Crippen LogP contribution in [-0.4, -0.2) is 53.7 Å². The van der Waals surface area contributed by atoms with Gasteiger partial charge >= 0.3 is 6.03 Å². The molecule has 1 fully saturated rings. The molecule has 0 radical (unpaired) electrons. The van der Waals surface area contributed by atoms with Crippen LogP contribution in [0, 0.1) is 0 Å². The minimum Gasteiger partial charge on any atom is -0.324 e. The van der Waals surface area contributed by atoms with E-state index >= 15 is 0 Å². The zero-order chi connectivity index (χ0) is 21.7. The predicted octanol–water partition coefficient (Wildman–Crippen LogP) is 3.21. The zero-order valence-electron chi connectivity index (χ0n) is 16.4. The van der Waals surface area contributed by atoms with E-state index in [0.717, 1.165) is 4.90 Å². The Morgan fingerprint density at radius 1 is 1.00 bits per heavy atom. The van der Waals surface area contributed by atoms with Crippen LogP contribution in [0.5, 0.6) is 0 Å². The topological polar surface area (TPSA) is 98.8 Å². The lowest BCUT2D eigenvalue weighted by atomic mass is 10.2. The second-order valence-electron chi connectivity index (χ2n) is 6.84. The summed E-state index contributed by atoms with van der Waals surface area (Å²) in [6.45, 7) is 0.246. The average molecular weight is 429 g/mol. The Hall–Kier alpha value is -3.39. The van der Waals surface area contributed by atoms with E-state index < -0.39 is 0 Å². The van der Waals surface area contributed by atoms with Crippen molar-refractivity contribution >= 4 is 46.7 Å². The Morgan fingerprint density at radius 2 is 1.63 bits per heavy atom. The standard InChI is InChI=1S/C21H21ClN4O4/c1-25-13-19(28)26(21(25)30)12-4-7-18(27)23-16-5-2-3-6-17(16)24-20(29)14-8-10-15(22)11-9-14/h2-3,5-6,8-11H,4,7,12-13H2,1H3,(H,23,27)(H,24,29). The van der Waals surface area contributed by atoms with Crippen molar-refractivity contribution in [1.29, 1.82) is 0 Å². The monoisotopic (exact) mass is 428 g/mol. The first kappa shape index (κ1) is 21.3. The van der Waals surface area contributed by atoms with E-state index in [2.05, 4.69) is 10.6 Å². The average Bonchev–Trinajstić information content (AvgIpc) is 2.96. The van der Waals surface area contributed by atoms with Crippen LogP contribution in [0.3, 0.4) is 0 Å². The molecular formula is C21H21ClN4O4. The maximum atomic E-state index is 12.4.